The van der Waals surface area contributed by atoms with Crippen molar-refractivity contribution in [2.24, 2.45) is 0 Å². The van der Waals surface area contributed by atoms with Crippen LogP contribution in [-0.4, -0.2) is 71.3 Å². The fourth-order valence-electron chi connectivity index (χ4n) is 4.10. The molecule has 134 valence electrons. The lowest BCUT2D eigenvalue weighted by Gasteiger charge is -2.28. The van der Waals surface area contributed by atoms with E-state index in [1.807, 2.05) is 13.8 Å². The smallest absolute Gasteiger partial charge is 0.223 e. The van der Waals surface area contributed by atoms with Crippen LogP contribution in [0.1, 0.15) is 42.6 Å². The molecule has 1 aromatic heterocycles. The Morgan fingerprint density at radius 2 is 2.08 bits per heavy atom. The highest BCUT2D eigenvalue weighted by Crippen LogP contribution is 2.24. The van der Waals surface area contributed by atoms with Crippen LogP contribution in [0.25, 0.3) is 0 Å². The van der Waals surface area contributed by atoms with Gasteiger partial charge in [0.15, 0.2) is 0 Å². The Balaban J connectivity index is 1.60. The summed E-state index contributed by atoms with van der Waals surface area (Å²) >= 11 is 0. The monoisotopic (exact) mass is 334 g/mol. The average Bonchev–Trinajstić information content (AvgIpc) is 3.28. The van der Waals surface area contributed by atoms with Crippen LogP contribution in [-0.2, 0) is 16.0 Å². The van der Waals surface area contributed by atoms with Gasteiger partial charge in [-0.1, -0.05) is 0 Å². The number of ether oxygens (including phenoxy) is 1. The number of H-pyrrole nitrogens is 1. The van der Waals surface area contributed by atoms with E-state index < -0.39 is 0 Å². The molecule has 0 aromatic carbocycles. The molecule has 6 nitrogen and oxygen atoms in total. The molecule has 0 aliphatic carbocycles. The van der Waals surface area contributed by atoms with E-state index in [0.29, 0.717) is 12.5 Å². The maximum absolute atomic E-state index is 12.8. The highest BCUT2D eigenvalue weighted by Gasteiger charge is 2.36. The summed E-state index contributed by atoms with van der Waals surface area (Å²) in [5.74, 6) is 0.249. The number of aryl methyl sites for hydroxylation is 2. The summed E-state index contributed by atoms with van der Waals surface area (Å²) in [4.78, 5) is 17.4. The minimum atomic E-state index is 0.180. The predicted molar refractivity (Wildman–Crippen MR) is 93.0 cm³/mol. The Morgan fingerprint density at radius 3 is 2.71 bits per heavy atom. The molecule has 3 rings (SSSR count). The zero-order valence-corrected chi connectivity index (χ0v) is 15.2. The number of rotatable bonds is 6. The Morgan fingerprint density at radius 1 is 1.33 bits per heavy atom. The van der Waals surface area contributed by atoms with E-state index in [2.05, 4.69) is 20.0 Å². The number of aromatic amines is 1. The molecular weight excluding hydrogens is 304 g/mol. The summed E-state index contributed by atoms with van der Waals surface area (Å²) in [7, 11) is 1.75. The normalized spacial score (nSPS) is 24.9. The van der Waals surface area contributed by atoms with E-state index in [1.54, 1.807) is 7.11 Å². The average molecular weight is 334 g/mol. The minimum absolute atomic E-state index is 0.180. The maximum atomic E-state index is 12.8. The Labute approximate surface area is 144 Å². The molecule has 0 spiro atoms. The van der Waals surface area contributed by atoms with E-state index in [4.69, 9.17) is 4.74 Å². The number of carbonyl (C=O) groups excluding carboxylic acids is 1. The van der Waals surface area contributed by atoms with E-state index in [-0.39, 0.29) is 12.0 Å². The van der Waals surface area contributed by atoms with Crippen molar-refractivity contribution in [2.45, 2.75) is 58.1 Å². The molecule has 1 amide bonds. The molecule has 1 N–H and O–H groups in total. The van der Waals surface area contributed by atoms with Crippen molar-refractivity contribution >= 4 is 5.91 Å². The quantitative estimate of drug-likeness (QED) is 0.860. The topological polar surface area (TPSA) is 61.5 Å². The molecule has 0 bridgehead atoms. The van der Waals surface area contributed by atoms with Gasteiger partial charge in [-0.15, -0.1) is 0 Å². The molecule has 0 unspecified atom stereocenters. The molecule has 0 radical (unpaired) electrons. The highest BCUT2D eigenvalue weighted by molar-refractivity contribution is 5.77. The van der Waals surface area contributed by atoms with Crippen molar-refractivity contribution in [3.05, 3.63) is 17.0 Å². The number of amides is 1. The number of aromatic nitrogens is 2. The fraction of sp³-hybridized carbons (Fsp3) is 0.778. The number of hydrogen-bond donors (Lipinski definition) is 1. The zero-order chi connectivity index (χ0) is 17.1. The van der Waals surface area contributed by atoms with Gasteiger partial charge in [-0.25, -0.2) is 0 Å². The number of hydrogen-bond acceptors (Lipinski definition) is 4. The van der Waals surface area contributed by atoms with Crippen molar-refractivity contribution in [2.75, 3.05) is 33.3 Å². The minimum Gasteiger partial charge on any atom is -0.380 e. The number of carbonyl (C=O) groups is 1. The van der Waals surface area contributed by atoms with Gasteiger partial charge < -0.3 is 14.5 Å². The SMILES string of the molecule is CO[C@H]1C[C@@H](CN2CCCC2)N(C(=O)CCc2c(C)n[nH]c2C)C1. The number of likely N-dealkylation sites (tertiary alicyclic amines) is 2. The first-order valence-electron chi connectivity index (χ1n) is 9.13. The van der Waals surface area contributed by atoms with Gasteiger partial charge in [-0.05, 0) is 58.2 Å². The second-order valence-corrected chi connectivity index (χ2v) is 7.21. The Hall–Kier alpha value is -1.40. The molecule has 6 heteroatoms. The number of methoxy groups -OCH3 is 1. The van der Waals surface area contributed by atoms with Crippen LogP contribution in [0.2, 0.25) is 0 Å². The molecule has 3 heterocycles. The third-order valence-corrected chi connectivity index (χ3v) is 5.57. The summed E-state index contributed by atoms with van der Waals surface area (Å²) in [6, 6.07) is 0.298. The lowest BCUT2D eigenvalue weighted by Crippen LogP contribution is -2.42. The first kappa shape index (κ1) is 17.4. The molecule has 2 aliphatic rings. The van der Waals surface area contributed by atoms with Crippen molar-refractivity contribution in [3.8, 4) is 0 Å². The summed E-state index contributed by atoms with van der Waals surface area (Å²) in [5, 5.41) is 7.23. The summed E-state index contributed by atoms with van der Waals surface area (Å²) in [5.41, 5.74) is 3.26. The second kappa shape index (κ2) is 7.66. The maximum Gasteiger partial charge on any atom is 0.223 e. The molecule has 24 heavy (non-hydrogen) atoms. The van der Waals surface area contributed by atoms with Gasteiger partial charge in [0, 0.05) is 38.4 Å². The van der Waals surface area contributed by atoms with Gasteiger partial charge >= 0.3 is 0 Å². The molecule has 2 aliphatic heterocycles. The lowest BCUT2D eigenvalue weighted by atomic mass is 10.1. The molecule has 0 saturated carbocycles. The van der Waals surface area contributed by atoms with Crippen LogP contribution in [0, 0.1) is 13.8 Å². The van der Waals surface area contributed by atoms with E-state index in [1.165, 1.54) is 31.5 Å². The summed E-state index contributed by atoms with van der Waals surface area (Å²) in [6.07, 6.45) is 5.02. The van der Waals surface area contributed by atoms with E-state index >= 15 is 0 Å². The molecule has 2 fully saturated rings. The summed E-state index contributed by atoms with van der Waals surface area (Å²) < 4.78 is 5.55. The Kier molecular flexibility index (Phi) is 5.56. The molecule has 1 aromatic rings. The van der Waals surface area contributed by atoms with Crippen LogP contribution in [0.5, 0.6) is 0 Å². The standard InChI is InChI=1S/C18H30N4O2/c1-13-17(14(2)20-19-13)6-7-18(23)22-12-16(24-3)10-15(22)11-21-8-4-5-9-21/h15-16H,4-12H2,1-3H3,(H,19,20)/t15-,16-/m0/s1. The number of nitrogens with one attached hydrogen (secondary N) is 1. The van der Waals surface area contributed by atoms with Crippen LogP contribution in [0.4, 0.5) is 0 Å². The third-order valence-electron chi connectivity index (χ3n) is 5.57. The zero-order valence-electron chi connectivity index (χ0n) is 15.2. The van der Waals surface area contributed by atoms with Gasteiger partial charge in [0.25, 0.3) is 0 Å². The fourth-order valence-corrected chi connectivity index (χ4v) is 4.10. The van der Waals surface area contributed by atoms with Gasteiger partial charge in [0.05, 0.1) is 11.8 Å². The largest absolute Gasteiger partial charge is 0.380 e. The van der Waals surface area contributed by atoms with Crippen molar-refractivity contribution in [1.82, 2.24) is 20.0 Å². The van der Waals surface area contributed by atoms with Gasteiger partial charge in [-0.3, -0.25) is 9.89 Å². The van der Waals surface area contributed by atoms with Crippen molar-refractivity contribution in [3.63, 3.8) is 0 Å². The van der Waals surface area contributed by atoms with E-state index in [0.717, 1.165) is 37.3 Å². The molecule has 2 saturated heterocycles. The van der Waals surface area contributed by atoms with Crippen LogP contribution in [0.3, 0.4) is 0 Å². The highest BCUT2D eigenvalue weighted by atomic mass is 16.5. The predicted octanol–water partition coefficient (Wildman–Crippen LogP) is 1.67. The summed E-state index contributed by atoms with van der Waals surface area (Å²) in [6.45, 7) is 8.09. The lowest BCUT2D eigenvalue weighted by molar-refractivity contribution is -0.132. The second-order valence-electron chi connectivity index (χ2n) is 7.21. The number of nitrogens with zero attached hydrogens (tertiary/aromatic N) is 3. The van der Waals surface area contributed by atoms with Crippen LogP contribution < -0.4 is 0 Å². The van der Waals surface area contributed by atoms with Gasteiger partial charge in [-0.2, -0.15) is 5.10 Å². The van der Waals surface area contributed by atoms with Crippen molar-refractivity contribution < 1.29 is 9.53 Å². The van der Waals surface area contributed by atoms with Gasteiger partial charge in [0.2, 0.25) is 5.91 Å². The first-order valence-corrected chi connectivity index (χ1v) is 9.13. The van der Waals surface area contributed by atoms with Crippen molar-refractivity contribution in [1.29, 1.82) is 0 Å². The first-order chi connectivity index (χ1) is 11.6. The van der Waals surface area contributed by atoms with Crippen LogP contribution >= 0.6 is 0 Å². The van der Waals surface area contributed by atoms with E-state index in [9.17, 15) is 4.79 Å². The van der Waals surface area contributed by atoms with Crippen LogP contribution in [0.15, 0.2) is 0 Å². The third kappa shape index (κ3) is 3.81. The Bertz CT molecular complexity index is 546. The molecular formula is C18H30N4O2. The van der Waals surface area contributed by atoms with Gasteiger partial charge in [0.1, 0.15) is 0 Å². The molecule has 2 atom stereocenters.